The zero-order valence-electron chi connectivity index (χ0n) is 12.1. The van der Waals surface area contributed by atoms with Crippen molar-refractivity contribution in [2.45, 2.75) is 26.4 Å². The summed E-state index contributed by atoms with van der Waals surface area (Å²) in [6.07, 6.45) is 2.62. The number of methoxy groups -OCH3 is 1. The Labute approximate surface area is 123 Å². The summed E-state index contributed by atoms with van der Waals surface area (Å²) in [5, 5.41) is 3.29. The summed E-state index contributed by atoms with van der Waals surface area (Å²) in [6, 6.07) is 3.89. The van der Waals surface area contributed by atoms with Crippen molar-refractivity contribution in [2.75, 3.05) is 13.9 Å². The van der Waals surface area contributed by atoms with E-state index in [1.807, 2.05) is 19.1 Å². The van der Waals surface area contributed by atoms with E-state index < -0.39 is 0 Å². The van der Waals surface area contributed by atoms with Gasteiger partial charge in [0.1, 0.15) is 5.76 Å². The third kappa shape index (κ3) is 2.95. The summed E-state index contributed by atoms with van der Waals surface area (Å²) < 4.78 is 21.6. The van der Waals surface area contributed by atoms with Crippen molar-refractivity contribution in [2.24, 2.45) is 0 Å². The molecule has 2 aromatic rings. The van der Waals surface area contributed by atoms with E-state index in [9.17, 15) is 0 Å². The number of oxazole rings is 1. The number of nitrogens with one attached hydrogen (secondary N) is 1. The number of hydrogen-bond acceptors (Lipinski definition) is 6. The Hall–Kier alpha value is -2.21. The molecule has 0 bridgehead atoms. The molecule has 112 valence electrons. The van der Waals surface area contributed by atoms with E-state index in [0.29, 0.717) is 30.5 Å². The second-order valence-electron chi connectivity index (χ2n) is 4.71. The lowest BCUT2D eigenvalue weighted by Gasteiger charge is -2.08. The number of fused-ring (bicyclic) bond motifs is 1. The minimum Gasteiger partial charge on any atom is -0.493 e. The largest absolute Gasteiger partial charge is 0.493 e. The van der Waals surface area contributed by atoms with Crippen molar-refractivity contribution < 1.29 is 18.6 Å². The van der Waals surface area contributed by atoms with Crippen molar-refractivity contribution in [1.82, 2.24) is 10.3 Å². The standard InChI is InChI=1S/C15H18N2O4/c1-3-11-7-17-14(21-11)8-16-6-10-4-12(18-2)15-13(5-10)19-9-20-15/h4-5,7,16H,3,6,8-9H2,1-2H3. The molecule has 0 amide bonds. The van der Waals surface area contributed by atoms with Crippen LogP contribution in [0.15, 0.2) is 22.7 Å². The SMILES string of the molecule is CCc1cnc(CNCc2cc(OC)c3c(c2)OCO3)o1. The van der Waals surface area contributed by atoms with E-state index in [0.717, 1.165) is 23.5 Å². The molecule has 0 atom stereocenters. The van der Waals surface area contributed by atoms with Crippen LogP contribution in [-0.2, 0) is 19.5 Å². The smallest absolute Gasteiger partial charge is 0.231 e. The lowest BCUT2D eigenvalue weighted by Crippen LogP contribution is -2.13. The number of ether oxygens (including phenoxy) is 3. The van der Waals surface area contributed by atoms with Crippen molar-refractivity contribution in [3.05, 3.63) is 35.5 Å². The molecule has 2 heterocycles. The molecule has 1 aromatic carbocycles. The molecule has 6 nitrogen and oxygen atoms in total. The minimum atomic E-state index is 0.235. The second kappa shape index (κ2) is 6.05. The van der Waals surface area contributed by atoms with Crippen LogP contribution < -0.4 is 19.5 Å². The third-order valence-electron chi connectivity index (χ3n) is 3.27. The maximum Gasteiger partial charge on any atom is 0.231 e. The third-order valence-corrected chi connectivity index (χ3v) is 3.27. The average Bonchev–Trinajstić information content (AvgIpc) is 3.14. The first-order valence-electron chi connectivity index (χ1n) is 6.91. The summed E-state index contributed by atoms with van der Waals surface area (Å²) >= 11 is 0. The first-order valence-corrected chi connectivity index (χ1v) is 6.91. The molecule has 0 spiro atoms. The van der Waals surface area contributed by atoms with Gasteiger partial charge in [-0.2, -0.15) is 0 Å². The molecule has 0 saturated heterocycles. The number of hydrogen-bond donors (Lipinski definition) is 1. The quantitative estimate of drug-likeness (QED) is 0.880. The van der Waals surface area contributed by atoms with E-state index >= 15 is 0 Å². The molecule has 6 heteroatoms. The van der Waals surface area contributed by atoms with Crippen LogP contribution >= 0.6 is 0 Å². The molecular weight excluding hydrogens is 272 g/mol. The molecular formula is C15H18N2O4. The van der Waals surface area contributed by atoms with Crippen molar-refractivity contribution >= 4 is 0 Å². The van der Waals surface area contributed by atoms with Gasteiger partial charge >= 0.3 is 0 Å². The van der Waals surface area contributed by atoms with Gasteiger partial charge < -0.3 is 23.9 Å². The molecule has 0 unspecified atom stereocenters. The molecule has 21 heavy (non-hydrogen) atoms. The van der Waals surface area contributed by atoms with Crippen LogP contribution in [0.2, 0.25) is 0 Å². The average molecular weight is 290 g/mol. The zero-order valence-corrected chi connectivity index (χ0v) is 12.1. The number of rotatable bonds is 6. The Bertz CT molecular complexity index is 624. The Morgan fingerprint density at radius 2 is 2.19 bits per heavy atom. The molecule has 3 rings (SSSR count). The number of aryl methyl sites for hydroxylation is 1. The normalized spacial score (nSPS) is 12.7. The predicted octanol–water partition coefficient (Wildman–Crippen LogP) is 2.26. The Kier molecular flexibility index (Phi) is 3.96. The lowest BCUT2D eigenvalue weighted by atomic mass is 10.2. The first-order chi connectivity index (χ1) is 10.3. The Morgan fingerprint density at radius 3 is 2.95 bits per heavy atom. The Morgan fingerprint density at radius 1 is 1.29 bits per heavy atom. The Balaban J connectivity index is 1.62. The monoisotopic (exact) mass is 290 g/mol. The molecule has 1 aromatic heterocycles. The van der Waals surface area contributed by atoms with E-state index in [1.54, 1.807) is 13.3 Å². The van der Waals surface area contributed by atoms with Crippen molar-refractivity contribution in [1.29, 1.82) is 0 Å². The molecule has 1 N–H and O–H groups in total. The molecule has 0 aliphatic carbocycles. The van der Waals surface area contributed by atoms with Gasteiger partial charge in [-0.05, 0) is 17.7 Å². The summed E-state index contributed by atoms with van der Waals surface area (Å²) in [4.78, 5) is 4.21. The van der Waals surface area contributed by atoms with Gasteiger partial charge in [0.05, 0.1) is 19.9 Å². The summed E-state index contributed by atoms with van der Waals surface area (Å²) in [6.45, 7) is 3.52. The fraction of sp³-hybridized carbons (Fsp3) is 0.400. The number of nitrogens with zero attached hydrogens (tertiary/aromatic N) is 1. The van der Waals surface area contributed by atoms with Crippen LogP contribution in [0.5, 0.6) is 17.2 Å². The van der Waals surface area contributed by atoms with E-state index in [4.69, 9.17) is 18.6 Å². The van der Waals surface area contributed by atoms with Crippen LogP contribution in [-0.4, -0.2) is 18.9 Å². The van der Waals surface area contributed by atoms with Gasteiger partial charge in [0.2, 0.25) is 18.4 Å². The van der Waals surface area contributed by atoms with Crippen LogP contribution in [0.1, 0.15) is 24.1 Å². The highest BCUT2D eigenvalue weighted by molar-refractivity contribution is 5.55. The molecule has 1 aliphatic rings. The van der Waals surface area contributed by atoms with Gasteiger partial charge in [0.25, 0.3) is 0 Å². The van der Waals surface area contributed by atoms with E-state index in [-0.39, 0.29) is 6.79 Å². The lowest BCUT2D eigenvalue weighted by molar-refractivity contribution is 0.171. The maximum atomic E-state index is 5.55. The minimum absolute atomic E-state index is 0.235. The van der Waals surface area contributed by atoms with Crippen LogP contribution in [0, 0.1) is 0 Å². The maximum absolute atomic E-state index is 5.55. The van der Waals surface area contributed by atoms with Gasteiger partial charge in [0, 0.05) is 13.0 Å². The van der Waals surface area contributed by atoms with Gasteiger partial charge in [-0.25, -0.2) is 4.98 Å². The van der Waals surface area contributed by atoms with Crippen molar-refractivity contribution in [3.8, 4) is 17.2 Å². The summed E-state index contributed by atoms with van der Waals surface area (Å²) in [5.74, 6) is 3.67. The highest BCUT2D eigenvalue weighted by Gasteiger charge is 2.19. The summed E-state index contributed by atoms with van der Waals surface area (Å²) in [5.41, 5.74) is 1.05. The molecule has 0 saturated carbocycles. The van der Waals surface area contributed by atoms with Gasteiger partial charge in [0.15, 0.2) is 11.5 Å². The highest BCUT2D eigenvalue weighted by atomic mass is 16.7. The van der Waals surface area contributed by atoms with Gasteiger partial charge in [-0.15, -0.1) is 0 Å². The van der Waals surface area contributed by atoms with Gasteiger partial charge in [-0.3, -0.25) is 0 Å². The number of benzene rings is 1. The van der Waals surface area contributed by atoms with Crippen LogP contribution in [0.25, 0.3) is 0 Å². The molecule has 0 fully saturated rings. The molecule has 0 radical (unpaired) electrons. The number of aromatic nitrogens is 1. The second-order valence-corrected chi connectivity index (χ2v) is 4.71. The van der Waals surface area contributed by atoms with Crippen LogP contribution in [0.3, 0.4) is 0 Å². The molecule has 1 aliphatic heterocycles. The summed E-state index contributed by atoms with van der Waals surface area (Å²) in [7, 11) is 1.62. The van der Waals surface area contributed by atoms with E-state index in [2.05, 4.69) is 10.3 Å². The van der Waals surface area contributed by atoms with Crippen LogP contribution in [0.4, 0.5) is 0 Å². The highest BCUT2D eigenvalue weighted by Crippen LogP contribution is 2.41. The topological polar surface area (TPSA) is 65.8 Å². The zero-order chi connectivity index (χ0) is 14.7. The van der Waals surface area contributed by atoms with Crippen molar-refractivity contribution in [3.63, 3.8) is 0 Å². The van der Waals surface area contributed by atoms with Gasteiger partial charge in [-0.1, -0.05) is 6.92 Å². The van der Waals surface area contributed by atoms with E-state index in [1.165, 1.54) is 0 Å². The fourth-order valence-electron chi connectivity index (χ4n) is 2.19. The predicted molar refractivity (Wildman–Crippen MR) is 75.5 cm³/mol. The fourth-order valence-corrected chi connectivity index (χ4v) is 2.19. The first kappa shape index (κ1) is 13.8.